The van der Waals surface area contributed by atoms with Crippen molar-refractivity contribution >= 4 is 29.2 Å². The number of carbonyl (C=O) groups is 2. The quantitative estimate of drug-likeness (QED) is 0.128. The number of benzene rings is 1. The predicted molar refractivity (Wildman–Crippen MR) is 150 cm³/mol. The molecular weight excluding hydrogens is 500 g/mol. The molecule has 0 aliphatic carbocycles. The van der Waals surface area contributed by atoms with E-state index in [9.17, 15) is 9.59 Å². The van der Waals surface area contributed by atoms with Gasteiger partial charge in [0.25, 0.3) is 0 Å². The van der Waals surface area contributed by atoms with E-state index in [1.165, 1.54) is 38.8 Å². The van der Waals surface area contributed by atoms with Gasteiger partial charge in [-0.15, -0.1) is 0 Å². The maximum atomic E-state index is 12.2. The van der Waals surface area contributed by atoms with Crippen molar-refractivity contribution in [1.29, 1.82) is 0 Å². The summed E-state index contributed by atoms with van der Waals surface area (Å²) in [6, 6.07) is 13.5. The maximum absolute atomic E-state index is 12.2. The van der Waals surface area contributed by atoms with E-state index < -0.39 is 11.9 Å². The molecule has 4 rings (SSSR count). The van der Waals surface area contributed by atoms with Gasteiger partial charge in [0.05, 0.1) is 12.1 Å². The average molecular weight is 539 g/mol. The molecule has 3 aromatic rings. The third-order valence-electron chi connectivity index (χ3n) is 6.58. The minimum absolute atomic E-state index is 0.0538. The number of pyridine rings is 1. The van der Waals surface area contributed by atoms with Gasteiger partial charge in [-0.2, -0.15) is 0 Å². The highest BCUT2D eigenvalue weighted by Gasteiger charge is 2.32. The molecule has 0 saturated carbocycles. The van der Waals surface area contributed by atoms with Crippen LogP contribution in [0.15, 0.2) is 52.3 Å². The lowest BCUT2D eigenvalue weighted by Gasteiger charge is -2.21. The minimum atomic E-state index is -1.02. The van der Waals surface area contributed by atoms with Gasteiger partial charge in [0.1, 0.15) is 5.75 Å². The summed E-state index contributed by atoms with van der Waals surface area (Å²) >= 11 is 1.59. The number of carbonyl (C=O) groups excluding carboxylic acids is 2. The fourth-order valence-electron chi connectivity index (χ4n) is 4.59. The zero-order valence-electron chi connectivity index (χ0n) is 22.8. The van der Waals surface area contributed by atoms with E-state index >= 15 is 0 Å². The Labute approximate surface area is 229 Å². The zero-order valence-corrected chi connectivity index (χ0v) is 23.6. The van der Waals surface area contributed by atoms with Crippen LogP contribution < -0.4 is 14.2 Å². The largest absolute Gasteiger partial charge is 0.494 e. The fourth-order valence-corrected chi connectivity index (χ4v) is 5.80. The molecule has 0 radical (unpaired) electrons. The highest BCUT2D eigenvalue weighted by molar-refractivity contribution is 7.99. The Morgan fingerprint density at radius 3 is 2.21 bits per heavy atom. The summed E-state index contributed by atoms with van der Waals surface area (Å²) in [6.07, 6.45) is 5.95. The second kappa shape index (κ2) is 13.2. The molecule has 1 aliphatic rings. The topological polar surface area (TPSA) is 69.5 Å². The predicted octanol–water partition coefficient (Wildman–Crippen LogP) is 6.71. The highest BCUT2D eigenvalue weighted by Crippen LogP contribution is 2.46. The van der Waals surface area contributed by atoms with Gasteiger partial charge in [-0.25, -0.2) is 14.0 Å². The monoisotopic (exact) mass is 538 g/mol. The van der Waals surface area contributed by atoms with E-state index in [1.807, 2.05) is 50.2 Å². The number of aromatic nitrogens is 1. The van der Waals surface area contributed by atoms with E-state index in [0.29, 0.717) is 12.5 Å². The van der Waals surface area contributed by atoms with Gasteiger partial charge in [0, 0.05) is 21.9 Å². The Hall–Kier alpha value is -2.97. The molecule has 0 atom stereocenters. The van der Waals surface area contributed by atoms with Crippen LogP contribution in [0.3, 0.4) is 0 Å². The number of hydrogen-bond donors (Lipinski definition) is 0. The molecule has 0 bridgehead atoms. The van der Waals surface area contributed by atoms with Crippen molar-refractivity contribution in [2.45, 2.75) is 75.5 Å². The second-order valence-corrected chi connectivity index (χ2v) is 11.0. The minimum Gasteiger partial charge on any atom is -0.494 e. The molecule has 38 heavy (non-hydrogen) atoms. The normalized spacial score (nSPS) is 13.2. The molecular formula is C30H38N2O5S. The van der Waals surface area contributed by atoms with Crippen molar-refractivity contribution in [2.75, 3.05) is 26.2 Å². The standard InChI is InChI=1S/C30H38N2O5S/c1-5-7-17-31(18-8-6-2)19-10-20-35-22-13-15-23(16-14-22)38-27-24-11-9-12-25-32(24)28(26(27)21(3)4)37-30(34)29(33)36-25/h9,11-16,21H,5-8,10,17-20H2,1-4H3. The number of esters is 2. The van der Waals surface area contributed by atoms with E-state index in [-0.39, 0.29) is 11.8 Å². The molecule has 0 saturated heterocycles. The van der Waals surface area contributed by atoms with Crippen LogP contribution in [0.4, 0.5) is 0 Å². The summed E-state index contributed by atoms with van der Waals surface area (Å²) in [5.74, 6) is -0.510. The number of ether oxygens (including phenoxy) is 3. The first-order valence-electron chi connectivity index (χ1n) is 13.7. The highest BCUT2D eigenvalue weighted by atomic mass is 32.2. The van der Waals surface area contributed by atoms with Gasteiger partial charge >= 0.3 is 11.9 Å². The Bertz CT molecular complexity index is 1240. The average Bonchev–Trinajstić information content (AvgIpc) is 3.15. The third kappa shape index (κ3) is 6.53. The molecule has 1 aromatic carbocycles. The Morgan fingerprint density at radius 1 is 0.895 bits per heavy atom. The van der Waals surface area contributed by atoms with Crippen LogP contribution in [-0.2, 0) is 9.59 Å². The molecule has 204 valence electrons. The molecule has 0 spiro atoms. The zero-order chi connectivity index (χ0) is 27.1. The number of hydrogen-bond acceptors (Lipinski definition) is 7. The van der Waals surface area contributed by atoms with Crippen LogP contribution in [0.1, 0.15) is 71.3 Å². The van der Waals surface area contributed by atoms with Gasteiger partial charge in [0.2, 0.25) is 11.8 Å². The molecule has 8 heteroatoms. The second-order valence-electron chi connectivity index (χ2n) is 9.89. The number of unbranched alkanes of at least 4 members (excludes halogenated alkanes) is 2. The van der Waals surface area contributed by atoms with Gasteiger partial charge in [0.15, 0.2) is 0 Å². The summed E-state index contributed by atoms with van der Waals surface area (Å²) in [7, 11) is 0. The fraction of sp³-hybridized carbons (Fsp3) is 0.467. The lowest BCUT2D eigenvalue weighted by Crippen LogP contribution is -2.28. The van der Waals surface area contributed by atoms with Crippen molar-refractivity contribution in [2.24, 2.45) is 0 Å². The summed E-state index contributed by atoms with van der Waals surface area (Å²) in [4.78, 5) is 28.8. The summed E-state index contributed by atoms with van der Waals surface area (Å²) < 4.78 is 18.5. The number of rotatable bonds is 14. The van der Waals surface area contributed by atoms with Gasteiger partial charge in [-0.1, -0.05) is 58.4 Å². The smallest absolute Gasteiger partial charge is 0.424 e. The first-order valence-corrected chi connectivity index (χ1v) is 14.5. The van der Waals surface area contributed by atoms with Crippen molar-refractivity contribution in [1.82, 2.24) is 9.30 Å². The first kappa shape index (κ1) is 28.0. The Balaban J connectivity index is 1.44. The molecule has 1 aliphatic heterocycles. The van der Waals surface area contributed by atoms with Crippen molar-refractivity contribution in [3.8, 4) is 17.5 Å². The summed E-state index contributed by atoms with van der Waals surface area (Å²) in [5.41, 5.74) is 1.69. The van der Waals surface area contributed by atoms with Gasteiger partial charge in [-0.05, 0) is 74.7 Å². The third-order valence-corrected chi connectivity index (χ3v) is 7.72. The van der Waals surface area contributed by atoms with Crippen molar-refractivity contribution in [3.63, 3.8) is 0 Å². The van der Waals surface area contributed by atoms with Gasteiger partial charge in [-0.3, -0.25) is 0 Å². The Morgan fingerprint density at radius 2 is 1.55 bits per heavy atom. The van der Waals surface area contributed by atoms with E-state index in [4.69, 9.17) is 14.2 Å². The molecule has 7 nitrogen and oxygen atoms in total. The molecule has 0 N–H and O–H groups in total. The molecule has 2 aromatic heterocycles. The maximum Gasteiger partial charge on any atom is 0.424 e. The van der Waals surface area contributed by atoms with Crippen molar-refractivity contribution in [3.05, 3.63) is 48.0 Å². The number of nitrogens with zero attached hydrogens (tertiary/aromatic N) is 2. The lowest BCUT2D eigenvalue weighted by molar-refractivity contribution is -0.155. The molecule has 3 heterocycles. The summed E-state index contributed by atoms with van der Waals surface area (Å²) in [6.45, 7) is 12.7. The van der Waals surface area contributed by atoms with Gasteiger partial charge < -0.3 is 19.1 Å². The summed E-state index contributed by atoms with van der Waals surface area (Å²) in [5, 5.41) is 0. The van der Waals surface area contributed by atoms with Crippen LogP contribution in [0.2, 0.25) is 0 Å². The van der Waals surface area contributed by atoms with Crippen LogP contribution in [-0.4, -0.2) is 47.5 Å². The van der Waals surface area contributed by atoms with Crippen LogP contribution in [0.5, 0.6) is 17.5 Å². The van der Waals surface area contributed by atoms with Crippen LogP contribution >= 0.6 is 11.8 Å². The van der Waals surface area contributed by atoms with E-state index in [1.54, 1.807) is 22.2 Å². The first-order chi connectivity index (χ1) is 18.4. The van der Waals surface area contributed by atoms with E-state index in [2.05, 4.69) is 18.7 Å². The van der Waals surface area contributed by atoms with E-state index in [0.717, 1.165) is 39.6 Å². The SMILES string of the molecule is CCCCN(CCCC)CCCOc1ccc(Sc2c(C(C)C)c3n4c(cccc24)OC(=O)C(=O)O3)cc1. The molecule has 0 fully saturated rings. The van der Waals surface area contributed by atoms with Crippen molar-refractivity contribution < 1.29 is 23.8 Å². The molecule has 0 amide bonds. The van der Waals surface area contributed by atoms with Crippen LogP contribution in [0.25, 0.3) is 5.52 Å². The van der Waals surface area contributed by atoms with Crippen LogP contribution in [0, 0.1) is 0 Å². The molecule has 0 unspecified atom stereocenters. The lowest BCUT2D eigenvalue weighted by atomic mass is 10.1. The Kier molecular flexibility index (Phi) is 9.74.